The van der Waals surface area contributed by atoms with Crippen LogP contribution in [0.25, 0.3) is 0 Å². The molecule has 2 heterocycles. The zero-order valence-electron chi connectivity index (χ0n) is 10.8. The Morgan fingerprint density at radius 3 is 2.95 bits per heavy atom. The van der Waals surface area contributed by atoms with Gasteiger partial charge in [0, 0.05) is 12.4 Å². The summed E-state index contributed by atoms with van der Waals surface area (Å²) in [6.45, 7) is 0. The van der Waals surface area contributed by atoms with E-state index in [2.05, 4.69) is 14.8 Å². The fourth-order valence-electron chi connectivity index (χ4n) is 2.63. The summed E-state index contributed by atoms with van der Waals surface area (Å²) in [4.78, 5) is 16.6. The number of carbonyl (C=O) groups is 1. The first kappa shape index (κ1) is 12.5. The molecule has 0 bridgehead atoms. The Labute approximate surface area is 116 Å². The Bertz CT molecular complexity index is 541. The lowest BCUT2D eigenvalue weighted by atomic mass is 9.96. The maximum absolute atomic E-state index is 12.0. The summed E-state index contributed by atoms with van der Waals surface area (Å²) in [7, 11) is 0. The van der Waals surface area contributed by atoms with Crippen LogP contribution in [-0.2, 0) is 6.42 Å². The average Bonchev–Trinajstić information content (AvgIpc) is 3.11. The number of carbonyl (C=O) groups excluding carboxylic acids is 1. The lowest BCUT2D eigenvalue weighted by molar-refractivity contribution is 0.0995. The number of aromatic nitrogens is 3. The molecule has 3 rings (SSSR count). The molecule has 1 saturated carbocycles. The summed E-state index contributed by atoms with van der Waals surface area (Å²) < 4.78 is 2.05. The molecule has 0 spiro atoms. The standard InChI is InChI=1S/C14H17N3OS/c18-13(14-9-15-10-19-14)8-11-6-7-17(16-11)12-4-2-1-3-5-12/h6-7,9-10,12H,1-5,8H2. The van der Waals surface area contributed by atoms with E-state index >= 15 is 0 Å². The van der Waals surface area contributed by atoms with Gasteiger partial charge in [-0.1, -0.05) is 19.3 Å². The molecule has 0 unspecified atom stereocenters. The Balaban J connectivity index is 1.66. The molecule has 5 heteroatoms. The Kier molecular flexibility index (Phi) is 3.73. The number of nitrogens with zero attached hydrogens (tertiary/aromatic N) is 3. The summed E-state index contributed by atoms with van der Waals surface area (Å²) >= 11 is 1.39. The minimum absolute atomic E-state index is 0.108. The highest BCUT2D eigenvalue weighted by atomic mass is 32.1. The predicted molar refractivity (Wildman–Crippen MR) is 74.5 cm³/mol. The molecular weight excluding hydrogens is 258 g/mol. The fourth-order valence-corrected chi connectivity index (χ4v) is 3.19. The molecule has 1 fully saturated rings. The van der Waals surface area contributed by atoms with Crippen LogP contribution in [0.5, 0.6) is 0 Å². The van der Waals surface area contributed by atoms with E-state index in [1.54, 1.807) is 11.7 Å². The lowest BCUT2D eigenvalue weighted by Crippen LogP contribution is -2.14. The van der Waals surface area contributed by atoms with Crippen molar-refractivity contribution in [3.8, 4) is 0 Å². The van der Waals surface area contributed by atoms with Gasteiger partial charge in [0.15, 0.2) is 5.78 Å². The van der Waals surface area contributed by atoms with Gasteiger partial charge in [-0.15, -0.1) is 11.3 Å². The zero-order valence-corrected chi connectivity index (χ0v) is 11.6. The van der Waals surface area contributed by atoms with Crippen molar-refractivity contribution < 1.29 is 4.79 Å². The van der Waals surface area contributed by atoms with Crippen LogP contribution in [0.1, 0.15) is 53.5 Å². The SMILES string of the molecule is O=C(Cc1ccn(C2CCCCC2)n1)c1cncs1. The van der Waals surface area contributed by atoms with Crippen LogP contribution in [0.3, 0.4) is 0 Å². The third-order valence-corrected chi connectivity index (χ3v) is 4.48. The van der Waals surface area contributed by atoms with Gasteiger partial charge in [-0.05, 0) is 18.9 Å². The second-order valence-corrected chi connectivity index (χ2v) is 5.93. The van der Waals surface area contributed by atoms with Crippen LogP contribution in [0, 0.1) is 0 Å². The minimum Gasteiger partial charge on any atom is -0.293 e. The van der Waals surface area contributed by atoms with Crippen LogP contribution < -0.4 is 0 Å². The molecule has 19 heavy (non-hydrogen) atoms. The van der Waals surface area contributed by atoms with E-state index in [1.807, 2.05) is 12.3 Å². The van der Waals surface area contributed by atoms with Gasteiger partial charge in [-0.2, -0.15) is 5.10 Å². The normalized spacial score (nSPS) is 16.6. The fraction of sp³-hybridized carbons (Fsp3) is 0.500. The van der Waals surface area contributed by atoms with Crippen LogP contribution in [0.15, 0.2) is 24.0 Å². The topological polar surface area (TPSA) is 47.8 Å². The summed E-state index contributed by atoms with van der Waals surface area (Å²) in [5, 5.41) is 4.56. The molecule has 2 aromatic heterocycles. The molecule has 4 nitrogen and oxygen atoms in total. The molecule has 0 saturated heterocycles. The van der Waals surface area contributed by atoms with E-state index in [-0.39, 0.29) is 5.78 Å². The van der Waals surface area contributed by atoms with Gasteiger partial charge in [0.2, 0.25) is 0 Å². The molecular formula is C14H17N3OS. The summed E-state index contributed by atoms with van der Waals surface area (Å²) in [5.74, 6) is 0.108. The van der Waals surface area contributed by atoms with E-state index < -0.39 is 0 Å². The predicted octanol–water partition coefficient (Wildman–Crippen LogP) is 3.27. The maximum atomic E-state index is 12.0. The van der Waals surface area contributed by atoms with Crippen molar-refractivity contribution in [2.75, 3.05) is 0 Å². The van der Waals surface area contributed by atoms with Gasteiger partial charge >= 0.3 is 0 Å². The van der Waals surface area contributed by atoms with Crippen molar-refractivity contribution >= 4 is 17.1 Å². The second kappa shape index (κ2) is 5.65. The lowest BCUT2D eigenvalue weighted by Gasteiger charge is -2.21. The number of Topliss-reactive ketones (excluding diaryl/α,β-unsaturated/α-hetero) is 1. The van der Waals surface area contributed by atoms with E-state index in [9.17, 15) is 4.79 Å². The number of ketones is 1. The quantitative estimate of drug-likeness (QED) is 0.805. The van der Waals surface area contributed by atoms with Gasteiger partial charge in [-0.3, -0.25) is 14.5 Å². The van der Waals surface area contributed by atoms with Crippen molar-refractivity contribution in [3.63, 3.8) is 0 Å². The third kappa shape index (κ3) is 2.92. The van der Waals surface area contributed by atoms with Crippen LogP contribution in [0.4, 0.5) is 0 Å². The monoisotopic (exact) mass is 275 g/mol. The second-order valence-electron chi connectivity index (χ2n) is 5.04. The molecule has 0 amide bonds. The molecule has 1 aliphatic carbocycles. The number of hydrogen-bond donors (Lipinski definition) is 0. The first-order valence-electron chi connectivity index (χ1n) is 6.78. The van der Waals surface area contributed by atoms with Crippen LogP contribution >= 0.6 is 11.3 Å². The Hall–Kier alpha value is -1.49. The first-order chi connectivity index (χ1) is 9.33. The van der Waals surface area contributed by atoms with Crippen molar-refractivity contribution in [1.82, 2.24) is 14.8 Å². The number of rotatable bonds is 4. The first-order valence-corrected chi connectivity index (χ1v) is 7.66. The Morgan fingerprint density at radius 1 is 1.37 bits per heavy atom. The number of thiazole rings is 1. The van der Waals surface area contributed by atoms with Gasteiger partial charge in [-0.25, -0.2) is 0 Å². The minimum atomic E-state index is 0.108. The maximum Gasteiger partial charge on any atom is 0.180 e. The average molecular weight is 275 g/mol. The third-order valence-electron chi connectivity index (χ3n) is 3.66. The van der Waals surface area contributed by atoms with Crippen molar-refractivity contribution in [1.29, 1.82) is 0 Å². The smallest absolute Gasteiger partial charge is 0.180 e. The molecule has 0 aliphatic heterocycles. The van der Waals surface area contributed by atoms with Gasteiger partial charge in [0.05, 0.1) is 28.5 Å². The van der Waals surface area contributed by atoms with E-state index in [0.717, 1.165) is 5.69 Å². The highest BCUT2D eigenvalue weighted by molar-refractivity contribution is 7.11. The Morgan fingerprint density at radius 2 is 2.21 bits per heavy atom. The summed E-state index contributed by atoms with van der Waals surface area (Å²) in [6, 6.07) is 2.49. The highest BCUT2D eigenvalue weighted by Crippen LogP contribution is 2.27. The molecule has 2 aromatic rings. The van der Waals surface area contributed by atoms with E-state index in [1.165, 1.54) is 43.4 Å². The van der Waals surface area contributed by atoms with Gasteiger partial charge in [0.1, 0.15) is 0 Å². The van der Waals surface area contributed by atoms with Crippen LogP contribution in [0.2, 0.25) is 0 Å². The largest absolute Gasteiger partial charge is 0.293 e. The zero-order chi connectivity index (χ0) is 13.1. The van der Waals surface area contributed by atoms with E-state index in [4.69, 9.17) is 0 Å². The van der Waals surface area contributed by atoms with Crippen molar-refractivity contribution in [2.45, 2.75) is 44.6 Å². The van der Waals surface area contributed by atoms with Crippen LogP contribution in [-0.4, -0.2) is 20.5 Å². The van der Waals surface area contributed by atoms with Crippen molar-refractivity contribution in [3.05, 3.63) is 34.5 Å². The van der Waals surface area contributed by atoms with Gasteiger partial charge < -0.3 is 0 Å². The highest BCUT2D eigenvalue weighted by Gasteiger charge is 2.17. The molecule has 0 radical (unpaired) electrons. The molecule has 100 valence electrons. The van der Waals surface area contributed by atoms with Crippen molar-refractivity contribution in [2.24, 2.45) is 0 Å². The molecule has 0 N–H and O–H groups in total. The van der Waals surface area contributed by atoms with E-state index in [0.29, 0.717) is 17.3 Å². The molecule has 0 aromatic carbocycles. The van der Waals surface area contributed by atoms with Gasteiger partial charge in [0.25, 0.3) is 0 Å². The molecule has 0 atom stereocenters. The molecule has 1 aliphatic rings. The number of hydrogen-bond acceptors (Lipinski definition) is 4. The summed E-state index contributed by atoms with van der Waals surface area (Å²) in [6.07, 6.45) is 10.4. The summed E-state index contributed by atoms with van der Waals surface area (Å²) in [5.41, 5.74) is 2.55.